The second-order valence-corrected chi connectivity index (χ2v) is 9.37. The molecule has 0 unspecified atom stereocenters. The van der Waals surface area contributed by atoms with Crippen molar-refractivity contribution in [3.8, 4) is 11.5 Å². The van der Waals surface area contributed by atoms with Gasteiger partial charge in [-0.15, -0.1) is 0 Å². The van der Waals surface area contributed by atoms with Crippen molar-refractivity contribution in [2.75, 3.05) is 35.8 Å². The number of nitrogens with one attached hydrogen (secondary N) is 2. The summed E-state index contributed by atoms with van der Waals surface area (Å²) in [6.45, 7) is -0.522. The highest BCUT2D eigenvalue weighted by Crippen LogP contribution is 2.33. The molecule has 1 heterocycles. The lowest BCUT2D eigenvalue weighted by Crippen LogP contribution is -2.44. The quantitative estimate of drug-likeness (QED) is 0.746. The average Bonchev–Trinajstić information content (AvgIpc) is 2.58. The summed E-state index contributed by atoms with van der Waals surface area (Å²) in [7, 11) is -7.08. The van der Waals surface area contributed by atoms with E-state index in [2.05, 4.69) is 9.44 Å². The van der Waals surface area contributed by atoms with Crippen LogP contribution in [-0.2, 0) is 20.0 Å². The Labute approximate surface area is 157 Å². The van der Waals surface area contributed by atoms with Crippen molar-refractivity contribution in [1.29, 1.82) is 0 Å². The first-order valence-corrected chi connectivity index (χ1v) is 11.3. The van der Waals surface area contributed by atoms with Gasteiger partial charge in [0.1, 0.15) is 23.1 Å². The molecule has 1 aliphatic rings. The molecule has 0 bridgehead atoms. The number of halogens is 1. The van der Waals surface area contributed by atoms with E-state index in [0.29, 0.717) is 17.1 Å². The van der Waals surface area contributed by atoms with Gasteiger partial charge in [-0.05, 0) is 36.4 Å². The fourth-order valence-corrected chi connectivity index (χ4v) is 4.39. The number of fused-ring (bicyclic) bond motifs is 1. The van der Waals surface area contributed by atoms with E-state index in [0.717, 1.165) is 6.26 Å². The standard InChI is InChI=1S/C16H18FN3O5S2/c1-26(21,22)19-12-2-4-13(5-3-12)25-14-6-7-15-16(10-14)27(23,24)18-11-20(15)9-8-17/h2-7,10,18-19H,8-9,11H2,1H3. The van der Waals surface area contributed by atoms with Gasteiger partial charge < -0.3 is 9.64 Å². The molecule has 8 nitrogen and oxygen atoms in total. The van der Waals surface area contributed by atoms with Gasteiger partial charge in [0.15, 0.2) is 0 Å². The predicted octanol–water partition coefficient (Wildman–Crippen LogP) is 1.88. The van der Waals surface area contributed by atoms with Crippen LogP contribution < -0.4 is 19.1 Å². The maximum atomic E-state index is 12.7. The summed E-state index contributed by atoms with van der Waals surface area (Å²) in [6, 6.07) is 10.7. The lowest BCUT2D eigenvalue weighted by atomic mass is 10.2. The molecule has 0 aromatic heterocycles. The molecule has 0 saturated carbocycles. The van der Waals surface area contributed by atoms with E-state index < -0.39 is 26.7 Å². The molecule has 1 aliphatic heterocycles. The number of ether oxygens (including phenoxy) is 1. The van der Waals surface area contributed by atoms with Crippen molar-refractivity contribution in [3.05, 3.63) is 42.5 Å². The molecule has 0 aliphatic carbocycles. The van der Waals surface area contributed by atoms with Gasteiger partial charge in [0.2, 0.25) is 20.0 Å². The highest BCUT2D eigenvalue weighted by Gasteiger charge is 2.28. The first-order valence-electron chi connectivity index (χ1n) is 7.88. The fraction of sp³-hybridized carbons (Fsp3) is 0.250. The largest absolute Gasteiger partial charge is 0.457 e. The van der Waals surface area contributed by atoms with Gasteiger partial charge in [-0.3, -0.25) is 4.72 Å². The molecule has 0 fully saturated rings. The Balaban J connectivity index is 1.84. The minimum atomic E-state index is -3.71. The number of hydrogen-bond acceptors (Lipinski definition) is 6. The lowest BCUT2D eigenvalue weighted by molar-refractivity contribution is 0.475. The van der Waals surface area contributed by atoms with Crippen LogP contribution in [0.15, 0.2) is 47.4 Å². The van der Waals surface area contributed by atoms with E-state index in [-0.39, 0.29) is 23.9 Å². The van der Waals surface area contributed by atoms with Crippen molar-refractivity contribution in [2.45, 2.75) is 4.90 Å². The zero-order chi connectivity index (χ0) is 19.7. The van der Waals surface area contributed by atoms with E-state index in [1.165, 1.54) is 18.2 Å². The second kappa shape index (κ2) is 7.33. The Morgan fingerprint density at radius 3 is 2.48 bits per heavy atom. The molecule has 3 rings (SSSR count). The second-order valence-electron chi connectivity index (χ2n) is 5.89. The molecule has 27 heavy (non-hydrogen) atoms. The van der Waals surface area contributed by atoms with E-state index >= 15 is 0 Å². The van der Waals surface area contributed by atoms with Crippen LogP contribution in [0.3, 0.4) is 0 Å². The molecule has 2 aromatic carbocycles. The summed E-state index contributed by atoms with van der Waals surface area (Å²) in [4.78, 5) is 1.60. The summed E-state index contributed by atoms with van der Waals surface area (Å²) < 4.78 is 70.0. The first-order chi connectivity index (χ1) is 12.7. The molecular formula is C16H18FN3O5S2. The third-order valence-corrected chi connectivity index (χ3v) is 5.78. The number of rotatable bonds is 6. The molecule has 0 saturated heterocycles. The summed E-state index contributed by atoms with van der Waals surface area (Å²) in [5, 5.41) is 0. The number of nitrogens with zero attached hydrogens (tertiary/aromatic N) is 1. The molecule has 0 radical (unpaired) electrons. The van der Waals surface area contributed by atoms with Crippen LogP contribution in [0.25, 0.3) is 0 Å². The SMILES string of the molecule is CS(=O)(=O)Nc1ccc(Oc2ccc3c(c2)S(=O)(=O)NCN3CCF)cc1. The van der Waals surface area contributed by atoms with Crippen LogP contribution in [0.4, 0.5) is 15.8 Å². The Hall–Kier alpha value is -2.37. The average molecular weight is 415 g/mol. The minimum Gasteiger partial charge on any atom is -0.457 e. The third kappa shape index (κ3) is 4.67. The van der Waals surface area contributed by atoms with Gasteiger partial charge in [0.25, 0.3) is 0 Å². The Bertz CT molecular complexity index is 1040. The highest BCUT2D eigenvalue weighted by atomic mass is 32.2. The number of sulfonamides is 2. The Morgan fingerprint density at radius 2 is 1.85 bits per heavy atom. The van der Waals surface area contributed by atoms with Crippen molar-refractivity contribution in [1.82, 2.24) is 4.72 Å². The van der Waals surface area contributed by atoms with Crippen LogP contribution in [0.5, 0.6) is 11.5 Å². The summed E-state index contributed by atoms with van der Waals surface area (Å²) in [6.07, 6.45) is 1.05. The summed E-state index contributed by atoms with van der Waals surface area (Å²) in [5.74, 6) is 0.681. The molecule has 0 amide bonds. The molecular weight excluding hydrogens is 397 g/mol. The molecule has 2 aromatic rings. The molecule has 0 spiro atoms. The fourth-order valence-electron chi connectivity index (χ4n) is 2.60. The summed E-state index contributed by atoms with van der Waals surface area (Å²) >= 11 is 0. The number of benzene rings is 2. The van der Waals surface area contributed by atoms with Gasteiger partial charge >= 0.3 is 0 Å². The summed E-state index contributed by atoms with van der Waals surface area (Å²) in [5.41, 5.74) is 0.787. The lowest BCUT2D eigenvalue weighted by Gasteiger charge is -2.30. The maximum Gasteiger partial charge on any atom is 0.244 e. The third-order valence-electron chi connectivity index (χ3n) is 3.75. The van der Waals surface area contributed by atoms with Crippen LogP contribution in [0.2, 0.25) is 0 Å². The predicted molar refractivity (Wildman–Crippen MR) is 99.9 cm³/mol. The number of hydrogen-bond donors (Lipinski definition) is 2. The normalized spacial score (nSPS) is 15.9. The zero-order valence-electron chi connectivity index (χ0n) is 14.3. The van der Waals surface area contributed by atoms with Crippen molar-refractivity contribution in [3.63, 3.8) is 0 Å². The van der Waals surface area contributed by atoms with E-state index in [1.54, 1.807) is 29.2 Å². The van der Waals surface area contributed by atoms with Crippen LogP contribution in [-0.4, -0.2) is 43.0 Å². The van der Waals surface area contributed by atoms with Crippen LogP contribution in [0, 0.1) is 0 Å². The minimum absolute atomic E-state index is 0.00819. The maximum absolute atomic E-state index is 12.7. The zero-order valence-corrected chi connectivity index (χ0v) is 16.0. The van der Waals surface area contributed by atoms with Crippen molar-refractivity contribution >= 4 is 31.4 Å². The van der Waals surface area contributed by atoms with Gasteiger partial charge in [0, 0.05) is 18.3 Å². The van der Waals surface area contributed by atoms with Gasteiger partial charge in [-0.25, -0.2) is 21.2 Å². The van der Waals surface area contributed by atoms with Crippen molar-refractivity contribution in [2.24, 2.45) is 0 Å². The first kappa shape index (κ1) is 19.4. The van der Waals surface area contributed by atoms with Crippen LogP contribution >= 0.6 is 0 Å². The number of anilines is 2. The molecule has 2 N–H and O–H groups in total. The van der Waals surface area contributed by atoms with Gasteiger partial charge in [-0.2, -0.15) is 4.72 Å². The molecule has 11 heteroatoms. The topological polar surface area (TPSA) is 105 Å². The Kier molecular flexibility index (Phi) is 5.27. The van der Waals surface area contributed by atoms with Gasteiger partial charge in [0.05, 0.1) is 18.6 Å². The molecule has 146 valence electrons. The Morgan fingerprint density at radius 1 is 1.19 bits per heavy atom. The van der Waals surface area contributed by atoms with E-state index in [9.17, 15) is 21.2 Å². The van der Waals surface area contributed by atoms with Crippen molar-refractivity contribution < 1.29 is 26.0 Å². The number of alkyl halides is 1. The van der Waals surface area contributed by atoms with E-state index in [1.807, 2.05) is 0 Å². The molecule has 0 atom stereocenters. The van der Waals surface area contributed by atoms with E-state index in [4.69, 9.17) is 4.74 Å². The highest BCUT2D eigenvalue weighted by molar-refractivity contribution is 7.92. The van der Waals surface area contributed by atoms with Crippen LogP contribution in [0.1, 0.15) is 0 Å². The monoisotopic (exact) mass is 415 g/mol. The smallest absolute Gasteiger partial charge is 0.244 e. The van der Waals surface area contributed by atoms with Gasteiger partial charge in [-0.1, -0.05) is 0 Å².